The molecule has 0 saturated heterocycles. The molecule has 214 valence electrons. The van der Waals surface area contributed by atoms with Crippen LogP contribution in [0, 0.1) is 0 Å². The molecule has 1 N–H and O–H groups in total. The molecule has 0 saturated carbocycles. The summed E-state index contributed by atoms with van der Waals surface area (Å²) in [5.74, 6) is 3.46. The maximum absolute atomic E-state index is 6.69. The molecule has 5 rings (SSSR count). The van der Waals surface area contributed by atoms with Crippen molar-refractivity contribution in [2.75, 3.05) is 19.8 Å². The maximum Gasteiger partial charge on any atom is 0.160 e. The van der Waals surface area contributed by atoms with Crippen LogP contribution in [0.4, 0.5) is 0 Å². The number of unbranched alkanes of at least 4 members (excludes halogenated alkanes) is 3. The van der Waals surface area contributed by atoms with E-state index in [2.05, 4.69) is 62.2 Å². The maximum atomic E-state index is 6.69. The van der Waals surface area contributed by atoms with E-state index in [1.807, 2.05) is 42.6 Å². The highest BCUT2D eigenvalue weighted by molar-refractivity contribution is 6.05. The minimum absolute atomic E-state index is 0.726. The third-order valence-corrected chi connectivity index (χ3v) is 7.24. The van der Waals surface area contributed by atoms with Gasteiger partial charge in [0.05, 0.1) is 30.9 Å². The van der Waals surface area contributed by atoms with Gasteiger partial charge in [0.2, 0.25) is 0 Å². The van der Waals surface area contributed by atoms with Gasteiger partial charge in [-0.1, -0.05) is 64.3 Å². The smallest absolute Gasteiger partial charge is 0.160 e. The van der Waals surface area contributed by atoms with Crippen molar-refractivity contribution in [1.29, 1.82) is 0 Å². The lowest BCUT2D eigenvalue weighted by Crippen LogP contribution is -1.96. The average Bonchev–Trinajstić information content (AvgIpc) is 3.59. The number of hydrogen-bond acceptors (Lipinski definition) is 4. The normalized spacial score (nSPS) is 11.2. The van der Waals surface area contributed by atoms with E-state index >= 15 is 0 Å². The second kappa shape index (κ2) is 14.0. The van der Waals surface area contributed by atoms with Crippen LogP contribution in [0.15, 0.2) is 83.4 Å². The molecule has 0 spiro atoms. The highest BCUT2D eigenvalue weighted by Gasteiger charge is 2.22. The fourth-order valence-corrected chi connectivity index (χ4v) is 4.82. The van der Waals surface area contributed by atoms with Gasteiger partial charge in [0, 0.05) is 17.3 Å². The van der Waals surface area contributed by atoms with E-state index in [4.69, 9.17) is 18.6 Å². The van der Waals surface area contributed by atoms with Crippen molar-refractivity contribution >= 4 is 11.1 Å². The van der Waals surface area contributed by atoms with Gasteiger partial charge in [0.1, 0.15) is 23.0 Å². The Labute approximate surface area is 243 Å². The van der Waals surface area contributed by atoms with Gasteiger partial charge in [-0.3, -0.25) is 0 Å². The molecule has 0 radical (unpaired) electrons. The summed E-state index contributed by atoms with van der Waals surface area (Å²) in [6.07, 6.45) is 8.51. The van der Waals surface area contributed by atoms with Gasteiger partial charge in [-0.2, -0.15) is 0 Å². The van der Waals surface area contributed by atoms with Gasteiger partial charge in [-0.15, -0.1) is 0 Å². The second-order valence-corrected chi connectivity index (χ2v) is 10.4. The van der Waals surface area contributed by atoms with Crippen molar-refractivity contribution < 1.29 is 18.6 Å². The average molecular weight is 552 g/mol. The van der Waals surface area contributed by atoms with Crippen LogP contribution >= 0.6 is 0 Å². The SMILES string of the molecule is CCCCOc1ccc(-c2oc3c(-c4ccc(OCCCC)cc4)c[nH]c3c2-c2ccc(OCCCC)cc2)cc1. The molecular formula is C36H41NO4. The molecule has 5 nitrogen and oxygen atoms in total. The van der Waals surface area contributed by atoms with Gasteiger partial charge in [-0.05, 0) is 78.9 Å². The van der Waals surface area contributed by atoms with Gasteiger partial charge in [0.15, 0.2) is 5.58 Å². The quantitative estimate of drug-likeness (QED) is 0.132. The monoisotopic (exact) mass is 551 g/mol. The lowest BCUT2D eigenvalue weighted by Gasteiger charge is -2.09. The Kier molecular flexibility index (Phi) is 9.69. The van der Waals surface area contributed by atoms with E-state index in [1.165, 1.54) is 0 Å². The molecular weight excluding hydrogens is 510 g/mol. The molecule has 2 heterocycles. The van der Waals surface area contributed by atoms with E-state index in [9.17, 15) is 0 Å². The van der Waals surface area contributed by atoms with E-state index in [0.717, 1.165) is 120 Å². The molecule has 0 fully saturated rings. The molecule has 0 unspecified atom stereocenters. The van der Waals surface area contributed by atoms with Gasteiger partial charge >= 0.3 is 0 Å². The molecule has 41 heavy (non-hydrogen) atoms. The topological polar surface area (TPSA) is 56.6 Å². The van der Waals surface area contributed by atoms with Crippen LogP contribution in [-0.4, -0.2) is 24.8 Å². The van der Waals surface area contributed by atoms with E-state index in [0.29, 0.717) is 0 Å². The Morgan fingerprint density at radius 3 is 1.46 bits per heavy atom. The molecule has 0 amide bonds. The predicted molar refractivity (Wildman–Crippen MR) is 168 cm³/mol. The van der Waals surface area contributed by atoms with Crippen LogP contribution < -0.4 is 14.2 Å². The number of rotatable bonds is 15. The molecule has 2 aromatic heterocycles. The minimum atomic E-state index is 0.726. The van der Waals surface area contributed by atoms with Crippen molar-refractivity contribution in [1.82, 2.24) is 4.98 Å². The van der Waals surface area contributed by atoms with Crippen molar-refractivity contribution in [2.24, 2.45) is 0 Å². The molecule has 0 aliphatic carbocycles. The summed E-state index contributed by atoms with van der Waals surface area (Å²) >= 11 is 0. The Morgan fingerprint density at radius 1 is 0.561 bits per heavy atom. The molecule has 0 aliphatic rings. The molecule has 3 aromatic carbocycles. The lowest BCUT2D eigenvalue weighted by atomic mass is 10.0. The van der Waals surface area contributed by atoms with Crippen molar-refractivity contribution in [3.8, 4) is 50.8 Å². The van der Waals surface area contributed by atoms with E-state index in [-0.39, 0.29) is 0 Å². The highest BCUT2D eigenvalue weighted by atomic mass is 16.5. The zero-order valence-corrected chi connectivity index (χ0v) is 24.5. The summed E-state index contributed by atoms with van der Waals surface area (Å²) in [7, 11) is 0. The Bertz CT molecular complexity index is 1490. The largest absolute Gasteiger partial charge is 0.494 e. The fourth-order valence-electron chi connectivity index (χ4n) is 4.82. The van der Waals surface area contributed by atoms with Crippen molar-refractivity contribution in [2.45, 2.75) is 59.3 Å². The summed E-state index contributed by atoms with van der Waals surface area (Å²) in [6.45, 7) is 8.69. The number of nitrogens with one attached hydrogen (secondary N) is 1. The van der Waals surface area contributed by atoms with Gasteiger partial charge in [0.25, 0.3) is 0 Å². The number of hydrogen-bond donors (Lipinski definition) is 1. The molecule has 0 bridgehead atoms. The van der Waals surface area contributed by atoms with E-state index < -0.39 is 0 Å². The van der Waals surface area contributed by atoms with Gasteiger partial charge in [-0.25, -0.2) is 0 Å². The zero-order chi connectivity index (χ0) is 28.4. The molecule has 5 heteroatoms. The summed E-state index contributed by atoms with van der Waals surface area (Å²) in [6, 6.07) is 24.8. The van der Waals surface area contributed by atoms with Crippen LogP contribution in [0.2, 0.25) is 0 Å². The van der Waals surface area contributed by atoms with Crippen LogP contribution in [0.5, 0.6) is 17.2 Å². The van der Waals surface area contributed by atoms with Gasteiger partial charge < -0.3 is 23.6 Å². The second-order valence-electron chi connectivity index (χ2n) is 10.4. The Balaban J connectivity index is 1.51. The molecule has 0 aliphatic heterocycles. The first-order chi connectivity index (χ1) is 20.2. The Morgan fingerprint density at radius 2 is 1.00 bits per heavy atom. The van der Waals surface area contributed by atoms with Crippen LogP contribution in [0.25, 0.3) is 44.7 Å². The number of benzene rings is 3. The molecule has 5 aromatic rings. The highest BCUT2D eigenvalue weighted by Crippen LogP contribution is 2.44. The first-order valence-electron chi connectivity index (χ1n) is 15.0. The predicted octanol–water partition coefficient (Wildman–Crippen LogP) is 10.3. The number of aromatic nitrogens is 1. The van der Waals surface area contributed by atoms with Crippen molar-refractivity contribution in [3.63, 3.8) is 0 Å². The first-order valence-corrected chi connectivity index (χ1v) is 15.0. The summed E-state index contributed by atoms with van der Waals surface area (Å²) < 4.78 is 24.4. The van der Waals surface area contributed by atoms with Crippen LogP contribution in [-0.2, 0) is 0 Å². The van der Waals surface area contributed by atoms with Crippen LogP contribution in [0.1, 0.15) is 59.3 Å². The third kappa shape index (κ3) is 6.79. The minimum Gasteiger partial charge on any atom is -0.494 e. The number of fused-ring (bicyclic) bond motifs is 1. The standard InChI is InChI=1S/C36H41NO4/c1-4-7-22-38-29-16-10-26(11-17-29)32-25-37-34-33(27-12-18-30(19-13-27)39-23-8-5-2)35(41-36(32)34)28-14-20-31(21-15-28)40-24-9-6-3/h10-21,25,37H,4-9,22-24H2,1-3H3. The lowest BCUT2D eigenvalue weighted by molar-refractivity contribution is 0.309. The summed E-state index contributed by atoms with van der Waals surface area (Å²) in [5.41, 5.74) is 7.00. The molecule has 0 atom stereocenters. The number of aromatic amines is 1. The summed E-state index contributed by atoms with van der Waals surface area (Å²) in [5, 5.41) is 0. The number of H-pyrrole nitrogens is 1. The number of furan rings is 1. The van der Waals surface area contributed by atoms with Crippen LogP contribution in [0.3, 0.4) is 0 Å². The summed E-state index contributed by atoms with van der Waals surface area (Å²) in [4.78, 5) is 3.52. The number of ether oxygens (including phenoxy) is 3. The fraction of sp³-hybridized carbons (Fsp3) is 0.333. The third-order valence-electron chi connectivity index (χ3n) is 7.24. The van der Waals surface area contributed by atoms with E-state index in [1.54, 1.807) is 0 Å². The zero-order valence-electron chi connectivity index (χ0n) is 24.5. The first kappa shape index (κ1) is 28.4. The van der Waals surface area contributed by atoms with Crippen molar-refractivity contribution in [3.05, 3.63) is 79.0 Å². The Hall–Kier alpha value is -4.12.